The van der Waals surface area contributed by atoms with Crippen LogP contribution >= 0.6 is 11.6 Å². The summed E-state index contributed by atoms with van der Waals surface area (Å²) in [4.78, 5) is 31.8. The third-order valence-corrected chi connectivity index (χ3v) is 2.97. The number of nitrogens with two attached hydrogens (primary N) is 1. The molecule has 9 nitrogen and oxygen atoms in total. The quantitative estimate of drug-likeness (QED) is 0.259. The summed E-state index contributed by atoms with van der Waals surface area (Å²) >= 11 is 5.37. The van der Waals surface area contributed by atoms with E-state index in [1.807, 2.05) is 0 Å². The molecule has 0 aliphatic carbocycles. The molecule has 0 aromatic heterocycles. The van der Waals surface area contributed by atoms with Gasteiger partial charge in [0.1, 0.15) is 12.6 Å². The zero-order chi connectivity index (χ0) is 18.1. The van der Waals surface area contributed by atoms with Gasteiger partial charge in [0, 0.05) is 24.1 Å². The number of nitro benzene ring substituents is 2. The Kier molecular flexibility index (Phi) is 7.61. The van der Waals surface area contributed by atoms with Gasteiger partial charge in [-0.25, -0.2) is 0 Å². The van der Waals surface area contributed by atoms with Crippen molar-refractivity contribution in [2.75, 3.05) is 5.88 Å². The summed E-state index contributed by atoms with van der Waals surface area (Å²) in [5.41, 5.74) is 4.83. The van der Waals surface area contributed by atoms with E-state index in [-0.39, 0.29) is 24.5 Å². The van der Waals surface area contributed by atoms with Gasteiger partial charge in [0.05, 0.1) is 21.8 Å². The van der Waals surface area contributed by atoms with E-state index in [9.17, 15) is 25.0 Å². The fraction of sp³-hybridized carbons (Fsp3) is 0.357. The van der Waals surface area contributed by atoms with Crippen LogP contribution < -0.4 is 5.73 Å². The number of non-ortho nitro benzene ring substituents is 2. The van der Waals surface area contributed by atoms with Crippen LogP contribution in [0, 0.1) is 32.1 Å². The Morgan fingerprint density at radius 1 is 1.21 bits per heavy atom. The standard InChI is InChI=1S/C14H14ClN3O6/c15-5-3-1-2-4-13(16)14(19)24-9-10-6-11(17(20)21)8-12(7-10)18(22)23/h6-8,13H,2,4-5,9,16H2/t13-/m0/s1. The van der Waals surface area contributed by atoms with Crippen molar-refractivity contribution >= 4 is 28.9 Å². The molecule has 2 N–H and O–H groups in total. The van der Waals surface area contributed by atoms with E-state index in [1.165, 1.54) is 0 Å². The molecule has 0 unspecified atom stereocenters. The summed E-state index contributed by atoms with van der Waals surface area (Å²) in [7, 11) is 0. The van der Waals surface area contributed by atoms with E-state index in [4.69, 9.17) is 22.1 Å². The van der Waals surface area contributed by atoms with Crippen molar-refractivity contribution in [3.63, 3.8) is 0 Å². The first kappa shape index (κ1) is 19.3. The van der Waals surface area contributed by atoms with Gasteiger partial charge in [-0.2, -0.15) is 0 Å². The maximum absolute atomic E-state index is 11.7. The van der Waals surface area contributed by atoms with E-state index in [0.29, 0.717) is 6.42 Å². The molecule has 1 atom stereocenters. The normalized spacial score (nSPS) is 11.1. The Bertz CT molecular complexity index is 665. The second-order valence-corrected chi connectivity index (χ2v) is 4.88. The van der Waals surface area contributed by atoms with Gasteiger partial charge >= 0.3 is 5.97 Å². The molecule has 128 valence electrons. The van der Waals surface area contributed by atoms with E-state index < -0.39 is 33.2 Å². The topological polar surface area (TPSA) is 139 Å². The van der Waals surface area contributed by atoms with Crippen molar-refractivity contribution in [1.29, 1.82) is 0 Å². The predicted octanol–water partition coefficient (Wildman–Crippen LogP) is 1.90. The Hall–Kier alpha value is -2.70. The molecule has 0 saturated carbocycles. The first-order valence-corrected chi connectivity index (χ1v) is 7.25. The first-order chi connectivity index (χ1) is 11.3. The van der Waals surface area contributed by atoms with E-state index >= 15 is 0 Å². The number of rotatable bonds is 7. The Labute approximate surface area is 142 Å². The van der Waals surface area contributed by atoms with Gasteiger partial charge in [0.15, 0.2) is 0 Å². The minimum atomic E-state index is -0.914. The molecule has 0 saturated heterocycles. The molecule has 24 heavy (non-hydrogen) atoms. The van der Waals surface area contributed by atoms with Gasteiger partial charge in [-0.1, -0.05) is 5.92 Å². The van der Waals surface area contributed by atoms with Crippen molar-refractivity contribution in [2.24, 2.45) is 5.73 Å². The maximum Gasteiger partial charge on any atom is 0.323 e. The van der Waals surface area contributed by atoms with Crippen molar-refractivity contribution in [3.05, 3.63) is 44.0 Å². The monoisotopic (exact) mass is 355 g/mol. The van der Waals surface area contributed by atoms with Gasteiger partial charge in [-0.15, -0.1) is 17.5 Å². The molecule has 1 rings (SSSR count). The zero-order valence-electron chi connectivity index (χ0n) is 12.4. The Morgan fingerprint density at radius 3 is 2.29 bits per heavy atom. The third-order valence-electron chi connectivity index (χ3n) is 2.84. The highest BCUT2D eigenvalue weighted by atomic mass is 35.5. The van der Waals surface area contributed by atoms with Crippen LogP contribution in [-0.2, 0) is 16.1 Å². The molecule has 0 heterocycles. The lowest BCUT2D eigenvalue weighted by atomic mass is 10.1. The third kappa shape index (κ3) is 6.20. The highest BCUT2D eigenvalue weighted by Gasteiger charge is 2.19. The lowest BCUT2D eigenvalue weighted by Crippen LogP contribution is -2.32. The lowest BCUT2D eigenvalue weighted by Gasteiger charge is -2.10. The van der Waals surface area contributed by atoms with Crippen LogP contribution in [0.1, 0.15) is 18.4 Å². The van der Waals surface area contributed by atoms with E-state index in [2.05, 4.69) is 11.8 Å². The number of nitrogens with zero attached hydrogens (tertiary/aromatic N) is 2. The Morgan fingerprint density at radius 2 is 1.79 bits per heavy atom. The minimum absolute atomic E-state index is 0.124. The molecule has 0 bridgehead atoms. The van der Waals surface area contributed by atoms with Crippen LogP contribution in [0.25, 0.3) is 0 Å². The first-order valence-electron chi connectivity index (χ1n) is 6.71. The second kappa shape index (κ2) is 9.44. The number of ether oxygens (including phenoxy) is 1. The van der Waals surface area contributed by atoms with Crippen LogP contribution in [0.4, 0.5) is 11.4 Å². The number of nitro groups is 2. The second-order valence-electron chi connectivity index (χ2n) is 4.61. The molecule has 0 amide bonds. The fourth-order valence-corrected chi connectivity index (χ4v) is 1.79. The summed E-state index contributed by atoms with van der Waals surface area (Å²) < 4.78 is 4.93. The van der Waals surface area contributed by atoms with Crippen molar-refractivity contribution in [1.82, 2.24) is 0 Å². The van der Waals surface area contributed by atoms with Gasteiger partial charge in [-0.3, -0.25) is 25.0 Å². The van der Waals surface area contributed by atoms with Crippen LogP contribution in [0.2, 0.25) is 0 Å². The van der Waals surface area contributed by atoms with Crippen LogP contribution in [0.15, 0.2) is 18.2 Å². The molecule has 0 spiro atoms. The molecule has 0 fully saturated rings. The summed E-state index contributed by atoms with van der Waals surface area (Å²) in [5, 5.41) is 21.6. The summed E-state index contributed by atoms with van der Waals surface area (Å²) in [5.74, 6) is 4.79. The highest BCUT2D eigenvalue weighted by molar-refractivity contribution is 6.19. The van der Waals surface area contributed by atoms with Crippen molar-refractivity contribution in [2.45, 2.75) is 25.5 Å². The SMILES string of the molecule is N[C@@H](CCC#CCCl)C(=O)OCc1cc([N+](=O)[O-])cc([N+](=O)[O-])c1. The number of carbonyl (C=O) groups is 1. The molecular weight excluding hydrogens is 342 g/mol. The largest absolute Gasteiger partial charge is 0.460 e. The zero-order valence-corrected chi connectivity index (χ0v) is 13.2. The van der Waals surface area contributed by atoms with Crippen molar-refractivity contribution in [3.8, 4) is 11.8 Å². The number of alkyl halides is 1. The van der Waals surface area contributed by atoms with Gasteiger partial charge in [0.2, 0.25) is 0 Å². The molecule has 0 aliphatic rings. The van der Waals surface area contributed by atoms with E-state index in [0.717, 1.165) is 18.2 Å². The van der Waals surface area contributed by atoms with Gasteiger partial charge < -0.3 is 10.5 Å². The number of esters is 1. The van der Waals surface area contributed by atoms with E-state index in [1.54, 1.807) is 0 Å². The smallest absolute Gasteiger partial charge is 0.323 e. The lowest BCUT2D eigenvalue weighted by molar-refractivity contribution is -0.394. The Balaban J connectivity index is 2.70. The number of hydrogen-bond donors (Lipinski definition) is 1. The number of halogens is 1. The summed E-state index contributed by atoms with van der Waals surface area (Å²) in [6.45, 7) is -0.359. The fourth-order valence-electron chi connectivity index (χ4n) is 1.69. The molecule has 1 aromatic rings. The van der Waals surface area contributed by atoms with Gasteiger partial charge in [-0.05, 0) is 6.42 Å². The molecule has 0 radical (unpaired) electrons. The highest BCUT2D eigenvalue weighted by Crippen LogP contribution is 2.23. The molecular formula is C14H14ClN3O6. The van der Waals surface area contributed by atoms with Crippen molar-refractivity contribution < 1.29 is 19.4 Å². The predicted molar refractivity (Wildman–Crippen MR) is 85.3 cm³/mol. The average molecular weight is 356 g/mol. The minimum Gasteiger partial charge on any atom is -0.460 e. The van der Waals surface area contributed by atoms with Gasteiger partial charge in [0.25, 0.3) is 11.4 Å². The average Bonchev–Trinajstić information content (AvgIpc) is 2.55. The maximum atomic E-state index is 11.7. The number of benzene rings is 1. The molecule has 1 aromatic carbocycles. The van der Waals surface area contributed by atoms with Crippen LogP contribution in [0.5, 0.6) is 0 Å². The van der Waals surface area contributed by atoms with Crippen LogP contribution in [0.3, 0.4) is 0 Å². The molecule has 0 aliphatic heterocycles. The number of carbonyl (C=O) groups excluding carboxylic acids is 1. The summed E-state index contributed by atoms with van der Waals surface area (Å²) in [6, 6.07) is 2.10. The summed E-state index contributed by atoms with van der Waals surface area (Å²) in [6.07, 6.45) is 0.628. The van der Waals surface area contributed by atoms with Crippen LogP contribution in [-0.4, -0.2) is 27.7 Å². The molecule has 10 heteroatoms. The number of hydrogen-bond acceptors (Lipinski definition) is 7.